The van der Waals surface area contributed by atoms with E-state index in [1.54, 1.807) is 6.20 Å². The van der Waals surface area contributed by atoms with Crippen LogP contribution in [0.2, 0.25) is 0 Å². The lowest BCUT2D eigenvalue weighted by molar-refractivity contribution is 1.08. The van der Waals surface area contributed by atoms with E-state index in [1.807, 2.05) is 36.7 Å². The number of imidazole rings is 1. The Morgan fingerprint density at radius 2 is 1.39 bits per heavy atom. The Kier molecular flexibility index (Phi) is 5.56. The average molecular weight is 553 g/mol. The largest absolute Gasteiger partial charge is 0.277 e. The van der Waals surface area contributed by atoms with Gasteiger partial charge in [0.2, 0.25) is 0 Å². The van der Waals surface area contributed by atoms with Crippen LogP contribution in [0.1, 0.15) is 0 Å². The van der Waals surface area contributed by atoms with E-state index < -0.39 is 0 Å². The maximum Gasteiger partial charge on any atom is 0.164 e. The second-order valence-electron chi connectivity index (χ2n) is 9.21. The van der Waals surface area contributed by atoms with Crippen molar-refractivity contribution in [2.45, 2.75) is 0 Å². The standard InChI is InChI=1S/C33H21BrN4/c34-29-17-26(25-9-6-14-35-20-25)16-27(18-29)32-37-31-19-28(24-13-12-22-7-4-5-8-23(22)15-24)21-36-33(31)38(32)30-10-2-1-3-11-30/h1-21H. The Morgan fingerprint density at radius 3 is 2.24 bits per heavy atom. The van der Waals surface area contributed by atoms with Gasteiger partial charge in [0, 0.05) is 45.4 Å². The maximum atomic E-state index is 5.15. The van der Waals surface area contributed by atoms with Crippen molar-refractivity contribution < 1.29 is 0 Å². The molecule has 0 amide bonds. The third-order valence-electron chi connectivity index (χ3n) is 6.75. The Bertz CT molecular complexity index is 1930. The van der Waals surface area contributed by atoms with Gasteiger partial charge in [-0.25, -0.2) is 9.97 Å². The Balaban J connectivity index is 1.43. The fourth-order valence-corrected chi connectivity index (χ4v) is 5.42. The van der Waals surface area contributed by atoms with Crippen LogP contribution >= 0.6 is 15.9 Å². The first-order valence-electron chi connectivity index (χ1n) is 12.4. The summed E-state index contributed by atoms with van der Waals surface area (Å²) < 4.78 is 3.11. The number of pyridine rings is 2. The lowest BCUT2D eigenvalue weighted by atomic mass is 10.0. The molecule has 3 aromatic heterocycles. The molecule has 4 aromatic carbocycles. The summed E-state index contributed by atoms with van der Waals surface area (Å²) >= 11 is 3.72. The monoisotopic (exact) mass is 552 g/mol. The minimum atomic E-state index is 0.818. The molecule has 38 heavy (non-hydrogen) atoms. The Morgan fingerprint density at radius 1 is 0.579 bits per heavy atom. The van der Waals surface area contributed by atoms with Crippen molar-refractivity contribution >= 4 is 37.9 Å². The third-order valence-corrected chi connectivity index (χ3v) is 7.20. The van der Waals surface area contributed by atoms with E-state index in [0.29, 0.717) is 0 Å². The quantitative estimate of drug-likeness (QED) is 0.219. The molecule has 0 N–H and O–H groups in total. The molecule has 180 valence electrons. The zero-order valence-corrected chi connectivity index (χ0v) is 21.9. The van der Waals surface area contributed by atoms with E-state index in [0.717, 1.165) is 55.0 Å². The van der Waals surface area contributed by atoms with Crippen LogP contribution in [0.15, 0.2) is 132 Å². The van der Waals surface area contributed by atoms with E-state index >= 15 is 0 Å². The Labute approximate surface area is 228 Å². The van der Waals surface area contributed by atoms with Gasteiger partial charge in [0.15, 0.2) is 5.65 Å². The third kappa shape index (κ3) is 4.07. The molecule has 0 saturated carbocycles. The molecule has 0 atom stereocenters. The van der Waals surface area contributed by atoms with Gasteiger partial charge in [0.1, 0.15) is 11.3 Å². The SMILES string of the molecule is Brc1cc(-c2cccnc2)cc(-c2nc3cc(-c4ccc5ccccc5c4)cnc3n2-c2ccccc2)c1. The second kappa shape index (κ2) is 9.36. The molecule has 0 fully saturated rings. The first-order valence-corrected chi connectivity index (χ1v) is 13.2. The maximum absolute atomic E-state index is 5.15. The summed E-state index contributed by atoms with van der Waals surface area (Å²) in [5, 5.41) is 2.43. The number of hydrogen-bond acceptors (Lipinski definition) is 3. The average Bonchev–Trinajstić information content (AvgIpc) is 3.36. The van der Waals surface area contributed by atoms with E-state index in [4.69, 9.17) is 9.97 Å². The first-order chi connectivity index (χ1) is 18.7. The molecule has 0 saturated heterocycles. The molecule has 0 unspecified atom stereocenters. The summed E-state index contributed by atoms with van der Waals surface area (Å²) in [7, 11) is 0. The van der Waals surface area contributed by atoms with Crippen LogP contribution in [0.25, 0.3) is 61.3 Å². The van der Waals surface area contributed by atoms with Gasteiger partial charge in [-0.3, -0.25) is 9.55 Å². The molecular formula is C33H21BrN4. The van der Waals surface area contributed by atoms with Gasteiger partial charge in [-0.05, 0) is 70.4 Å². The van der Waals surface area contributed by atoms with E-state index in [2.05, 4.69) is 110 Å². The molecule has 7 aromatic rings. The van der Waals surface area contributed by atoms with Gasteiger partial charge in [0.05, 0.1) is 0 Å². The van der Waals surface area contributed by atoms with Crippen LogP contribution in [-0.2, 0) is 0 Å². The molecule has 5 heteroatoms. The number of benzene rings is 4. The highest BCUT2D eigenvalue weighted by Crippen LogP contribution is 2.34. The number of hydrogen-bond donors (Lipinski definition) is 0. The predicted molar refractivity (Wildman–Crippen MR) is 158 cm³/mol. The molecule has 0 radical (unpaired) electrons. The summed E-state index contributed by atoms with van der Waals surface area (Å²) in [5.74, 6) is 0.834. The lowest BCUT2D eigenvalue weighted by Crippen LogP contribution is -1.99. The van der Waals surface area contributed by atoms with Crippen LogP contribution in [0.3, 0.4) is 0 Å². The number of fused-ring (bicyclic) bond motifs is 2. The Hall–Kier alpha value is -4.61. The van der Waals surface area contributed by atoms with Crippen LogP contribution < -0.4 is 0 Å². The fraction of sp³-hybridized carbons (Fsp3) is 0. The van der Waals surface area contributed by atoms with Crippen molar-refractivity contribution in [3.8, 4) is 39.3 Å². The van der Waals surface area contributed by atoms with Crippen LogP contribution in [0.4, 0.5) is 0 Å². The predicted octanol–water partition coefficient (Wildman–Crippen LogP) is 8.73. The van der Waals surface area contributed by atoms with Crippen molar-refractivity contribution in [3.63, 3.8) is 0 Å². The highest BCUT2D eigenvalue weighted by atomic mass is 79.9. The fourth-order valence-electron chi connectivity index (χ4n) is 4.93. The van der Waals surface area contributed by atoms with E-state index in [-0.39, 0.29) is 0 Å². The van der Waals surface area contributed by atoms with Gasteiger partial charge in [-0.2, -0.15) is 0 Å². The molecule has 0 bridgehead atoms. The number of halogens is 1. The van der Waals surface area contributed by atoms with Crippen molar-refractivity contribution in [1.82, 2.24) is 19.5 Å². The normalized spacial score (nSPS) is 11.3. The van der Waals surface area contributed by atoms with E-state index in [1.165, 1.54) is 10.8 Å². The van der Waals surface area contributed by atoms with Gasteiger partial charge < -0.3 is 0 Å². The zero-order valence-electron chi connectivity index (χ0n) is 20.3. The summed E-state index contributed by atoms with van der Waals surface area (Å²) in [6.07, 6.45) is 5.61. The molecule has 3 heterocycles. The number of aromatic nitrogens is 4. The number of nitrogens with zero attached hydrogens (tertiary/aromatic N) is 4. The second-order valence-corrected chi connectivity index (χ2v) is 10.1. The number of rotatable bonds is 4. The lowest BCUT2D eigenvalue weighted by Gasteiger charge is -2.11. The minimum Gasteiger partial charge on any atom is -0.277 e. The topological polar surface area (TPSA) is 43.6 Å². The van der Waals surface area contributed by atoms with Crippen molar-refractivity contribution in [3.05, 3.63) is 132 Å². The first kappa shape index (κ1) is 22.6. The number of para-hydroxylation sites is 1. The summed E-state index contributed by atoms with van der Waals surface area (Å²) in [4.78, 5) is 14.4. The molecular weight excluding hydrogens is 532 g/mol. The van der Waals surface area contributed by atoms with Crippen LogP contribution in [0.5, 0.6) is 0 Å². The summed E-state index contributed by atoms with van der Waals surface area (Å²) in [6.45, 7) is 0. The van der Waals surface area contributed by atoms with Crippen LogP contribution in [0, 0.1) is 0 Å². The highest BCUT2D eigenvalue weighted by Gasteiger charge is 2.18. The minimum absolute atomic E-state index is 0.818. The molecule has 4 nitrogen and oxygen atoms in total. The zero-order chi connectivity index (χ0) is 25.5. The molecule has 0 spiro atoms. The van der Waals surface area contributed by atoms with Gasteiger partial charge in [0.25, 0.3) is 0 Å². The van der Waals surface area contributed by atoms with Gasteiger partial charge >= 0.3 is 0 Å². The molecule has 0 aliphatic rings. The van der Waals surface area contributed by atoms with Crippen molar-refractivity contribution in [1.29, 1.82) is 0 Å². The van der Waals surface area contributed by atoms with E-state index in [9.17, 15) is 0 Å². The molecule has 7 rings (SSSR count). The van der Waals surface area contributed by atoms with Crippen LogP contribution in [-0.4, -0.2) is 19.5 Å². The molecule has 0 aliphatic heterocycles. The summed E-state index contributed by atoms with van der Waals surface area (Å²) in [6, 6.07) is 37.7. The highest BCUT2D eigenvalue weighted by molar-refractivity contribution is 9.10. The van der Waals surface area contributed by atoms with Gasteiger partial charge in [-0.1, -0.05) is 76.6 Å². The van der Waals surface area contributed by atoms with Gasteiger partial charge in [-0.15, -0.1) is 0 Å². The molecule has 0 aliphatic carbocycles. The van der Waals surface area contributed by atoms with Crippen molar-refractivity contribution in [2.75, 3.05) is 0 Å². The smallest absolute Gasteiger partial charge is 0.164 e. The summed E-state index contributed by atoms with van der Waals surface area (Å²) in [5.41, 5.74) is 7.95. The van der Waals surface area contributed by atoms with Crippen molar-refractivity contribution in [2.24, 2.45) is 0 Å².